The molecule has 0 heterocycles. The summed E-state index contributed by atoms with van der Waals surface area (Å²) in [6.45, 7) is 0. The Morgan fingerprint density at radius 2 is 1.78 bits per heavy atom. The number of carbonyl (C=O) groups excluding carboxylic acids is 1. The smallest absolute Gasteiger partial charge is 0.228 e. The average Bonchev–Trinajstić information content (AvgIpc) is 2.35. The Bertz CT molecular complexity index is 520. The predicted molar refractivity (Wildman–Crippen MR) is 74.6 cm³/mol. The molecule has 2 rings (SSSR count). The van der Waals surface area contributed by atoms with Gasteiger partial charge in [0.15, 0.2) is 0 Å². The van der Waals surface area contributed by atoms with Crippen LogP contribution in [0.2, 0.25) is 5.02 Å². The van der Waals surface area contributed by atoms with Crippen molar-refractivity contribution in [2.24, 2.45) is 0 Å². The van der Waals surface area contributed by atoms with Crippen molar-refractivity contribution in [2.45, 2.75) is 6.42 Å². The summed E-state index contributed by atoms with van der Waals surface area (Å²) in [6, 6.07) is 14.4. The molecule has 0 aliphatic heterocycles. The minimum Gasteiger partial charge on any atom is -0.398 e. The lowest BCUT2D eigenvalue weighted by Crippen LogP contribution is -2.15. The molecule has 1 amide bonds. The second kappa shape index (κ2) is 5.56. The molecule has 0 saturated heterocycles. The molecule has 0 bridgehead atoms. The lowest BCUT2D eigenvalue weighted by molar-refractivity contribution is -0.115. The second-order valence-corrected chi connectivity index (χ2v) is 4.31. The van der Waals surface area contributed by atoms with Crippen LogP contribution in [-0.2, 0) is 11.2 Å². The van der Waals surface area contributed by atoms with E-state index < -0.39 is 0 Å². The highest BCUT2D eigenvalue weighted by molar-refractivity contribution is 6.33. The van der Waals surface area contributed by atoms with Gasteiger partial charge in [-0.15, -0.1) is 0 Å². The fourth-order valence-electron chi connectivity index (χ4n) is 1.63. The Morgan fingerprint density at radius 1 is 1.11 bits per heavy atom. The molecule has 0 fully saturated rings. The van der Waals surface area contributed by atoms with Crippen molar-refractivity contribution in [3.63, 3.8) is 0 Å². The zero-order chi connectivity index (χ0) is 13.0. The van der Waals surface area contributed by atoms with Gasteiger partial charge in [-0.05, 0) is 23.8 Å². The largest absolute Gasteiger partial charge is 0.398 e. The number of hydrogen-bond acceptors (Lipinski definition) is 2. The van der Waals surface area contributed by atoms with Gasteiger partial charge in [0.2, 0.25) is 5.91 Å². The molecule has 2 aromatic carbocycles. The lowest BCUT2D eigenvalue weighted by Gasteiger charge is -2.08. The van der Waals surface area contributed by atoms with Crippen molar-refractivity contribution >= 4 is 28.9 Å². The standard InChI is InChI=1S/C14H13ClN2O/c15-11-6-2-4-8-13(11)17-14(18)9-10-5-1-3-7-12(10)16/h1-8H,9,16H2,(H,17,18). The van der Waals surface area contributed by atoms with Crippen molar-refractivity contribution < 1.29 is 4.79 Å². The van der Waals surface area contributed by atoms with Gasteiger partial charge in [-0.25, -0.2) is 0 Å². The minimum atomic E-state index is -0.138. The number of benzene rings is 2. The first kappa shape index (κ1) is 12.5. The molecular formula is C14H13ClN2O. The van der Waals surface area contributed by atoms with Gasteiger partial charge < -0.3 is 11.1 Å². The molecule has 2 aromatic rings. The molecule has 0 aliphatic carbocycles. The van der Waals surface area contributed by atoms with E-state index in [2.05, 4.69) is 5.32 Å². The number of para-hydroxylation sites is 2. The molecular weight excluding hydrogens is 248 g/mol. The third kappa shape index (κ3) is 3.02. The van der Waals surface area contributed by atoms with Crippen LogP contribution in [0.5, 0.6) is 0 Å². The fourth-order valence-corrected chi connectivity index (χ4v) is 1.81. The normalized spacial score (nSPS) is 10.1. The van der Waals surface area contributed by atoms with Gasteiger partial charge >= 0.3 is 0 Å². The first-order valence-electron chi connectivity index (χ1n) is 5.54. The van der Waals surface area contributed by atoms with Crippen molar-refractivity contribution in [1.29, 1.82) is 0 Å². The van der Waals surface area contributed by atoms with Crippen LogP contribution in [0.3, 0.4) is 0 Å². The Labute approximate surface area is 111 Å². The van der Waals surface area contributed by atoms with Crippen molar-refractivity contribution in [1.82, 2.24) is 0 Å². The maximum atomic E-state index is 11.9. The van der Waals surface area contributed by atoms with E-state index in [1.807, 2.05) is 30.3 Å². The van der Waals surface area contributed by atoms with E-state index in [1.165, 1.54) is 0 Å². The van der Waals surface area contributed by atoms with Gasteiger partial charge in [0.1, 0.15) is 0 Å². The number of nitrogen functional groups attached to an aromatic ring is 1. The molecule has 18 heavy (non-hydrogen) atoms. The molecule has 0 atom stereocenters. The Balaban J connectivity index is 2.06. The van der Waals surface area contributed by atoms with Crippen LogP contribution in [0.1, 0.15) is 5.56 Å². The molecule has 0 aliphatic rings. The number of nitrogens with two attached hydrogens (primary N) is 1. The van der Waals surface area contributed by atoms with Crippen LogP contribution < -0.4 is 11.1 Å². The molecule has 0 unspecified atom stereocenters. The Kier molecular flexibility index (Phi) is 3.85. The van der Waals surface area contributed by atoms with E-state index >= 15 is 0 Å². The quantitative estimate of drug-likeness (QED) is 0.833. The highest BCUT2D eigenvalue weighted by Gasteiger charge is 2.07. The summed E-state index contributed by atoms with van der Waals surface area (Å²) in [5.41, 5.74) is 7.82. The van der Waals surface area contributed by atoms with Crippen molar-refractivity contribution in [3.05, 3.63) is 59.1 Å². The van der Waals surface area contributed by atoms with Gasteiger partial charge in [0.05, 0.1) is 17.1 Å². The summed E-state index contributed by atoms with van der Waals surface area (Å²) < 4.78 is 0. The zero-order valence-corrected chi connectivity index (χ0v) is 10.4. The molecule has 0 radical (unpaired) electrons. The highest BCUT2D eigenvalue weighted by atomic mass is 35.5. The monoisotopic (exact) mass is 260 g/mol. The molecule has 92 valence electrons. The lowest BCUT2D eigenvalue weighted by atomic mass is 10.1. The fraction of sp³-hybridized carbons (Fsp3) is 0.0714. The number of amides is 1. The van der Waals surface area contributed by atoms with Crippen molar-refractivity contribution in [2.75, 3.05) is 11.1 Å². The topological polar surface area (TPSA) is 55.1 Å². The first-order valence-corrected chi connectivity index (χ1v) is 5.92. The number of anilines is 2. The maximum absolute atomic E-state index is 11.9. The summed E-state index contributed by atoms with van der Waals surface area (Å²) in [5.74, 6) is -0.138. The zero-order valence-electron chi connectivity index (χ0n) is 9.69. The van der Waals surface area contributed by atoms with E-state index in [0.29, 0.717) is 16.4 Å². The number of carbonyl (C=O) groups is 1. The van der Waals surface area contributed by atoms with E-state index in [4.69, 9.17) is 17.3 Å². The van der Waals surface area contributed by atoms with E-state index in [9.17, 15) is 4.79 Å². The van der Waals surface area contributed by atoms with Crippen LogP contribution in [-0.4, -0.2) is 5.91 Å². The minimum absolute atomic E-state index is 0.138. The highest BCUT2D eigenvalue weighted by Crippen LogP contribution is 2.21. The summed E-state index contributed by atoms with van der Waals surface area (Å²) in [6.07, 6.45) is 0.234. The third-order valence-electron chi connectivity index (χ3n) is 2.55. The number of rotatable bonds is 3. The summed E-state index contributed by atoms with van der Waals surface area (Å²) in [5, 5.41) is 3.28. The SMILES string of the molecule is Nc1ccccc1CC(=O)Nc1ccccc1Cl. The van der Waals surface area contributed by atoms with Gasteiger partial charge in [-0.2, -0.15) is 0 Å². The van der Waals surface area contributed by atoms with Crippen molar-refractivity contribution in [3.8, 4) is 0 Å². The van der Waals surface area contributed by atoms with Crippen LogP contribution in [0.4, 0.5) is 11.4 Å². The van der Waals surface area contributed by atoms with E-state index in [0.717, 1.165) is 5.56 Å². The molecule has 4 heteroatoms. The summed E-state index contributed by atoms with van der Waals surface area (Å²) in [7, 11) is 0. The van der Waals surface area contributed by atoms with Gasteiger partial charge in [-0.1, -0.05) is 41.9 Å². The van der Waals surface area contributed by atoms with Crippen LogP contribution in [0, 0.1) is 0 Å². The summed E-state index contributed by atoms with van der Waals surface area (Å²) >= 11 is 5.96. The molecule has 0 spiro atoms. The Morgan fingerprint density at radius 3 is 2.50 bits per heavy atom. The molecule has 3 nitrogen and oxygen atoms in total. The van der Waals surface area contributed by atoms with Gasteiger partial charge in [-0.3, -0.25) is 4.79 Å². The van der Waals surface area contributed by atoms with E-state index in [1.54, 1.807) is 18.2 Å². The van der Waals surface area contributed by atoms with Crippen LogP contribution in [0.15, 0.2) is 48.5 Å². The number of nitrogens with one attached hydrogen (secondary N) is 1. The van der Waals surface area contributed by atoms with E-state index in [-0.39, 0.29) is 12.3 Å². The number of halogens is 1. The van der Waals surface area contributed by atoms with Gasteiger partial charge in [0, 0.05) is 5.69 Å². The molecule has 0 saturated carbocycles. The Hall–Kier alpha value is -2.00. The molecule has 0 aromatic heterocycles. The third-order valence-corrected chi connectivity index (χ3v) is 2.88. The van der Waals surface area contributed by atoms with Gasteiger partial charge in [0.25, 0.3) is 0 Å². The predicted octanol–water partition coefficient (Wildman–Crippen LogP) is 3.10. The molecule has 3 N–H and O–H groups in total. The van der Waals surface area contributed by atoms with Crippen LogP contribution >= 0.6 is 11.6 Å². The second-order valence-electron chi connectivity index (χ2n) is 3.90. The maximum Gasteiger partial charge on any atom is 0.228 e. The first-order chi connectivity index (χ1) is 8.66. The summed E-state index contributed by atoms with van der Waals surface area (Å²) in [4.78, 5) is 11.9. The van der Waals surface area contributed by atoms with Crippen LogP contribution in [0.25, 0.3) is 0 Å². The number of hydrogen-bond donors (Lipinski definition) is 2. The average molecular weight is 261 g/mol.